The van der Waals surface area contributed by atoms with Crippen molar-refractivity contribution >= 4 is 0 Å². The molecule has 1 unspecified atom stereocenters. The van der Waals surface area contributed by atoms with Crippen LogP contribution in [0.3, 0.4) is 0 Å². The normalized spacial score (nSPS) is 15.3. The Balaban J connectivity index is 3.21. The number of alkyl halides is 3. The molecule has 0 saturated heterocycles. The number of rotatable bonds is 4. The first-order valence-corrected chi connectivity index (χ1v) is 3.44. The van der Waals surface area contributed by atoms with Gasteiger partial charge in [-0.15, -0.1) is 0 Å². The minimum Gasteiger partial charge on any atom is -0.248 e. The third-order valence-corrected chi connectivity index (χ3v) is 1.22. The number of hydrogen-bond donors (Lipinski definition) is 0. The van der Waals surface area contributed by atoms with Gasteiger partial charge in [0.15, 0.2) is 0 Å². The SMILES string of the molecule is CC(F)CCCC(C)(F)F. The summed E-state index contributed by atoms with van der Waals surface area (Å²) in [6.45, 7) is 2.24. The van der Waals surface area contributed by atoms with E-state index in [-0.39, 0.29) is 19.3 Å². The van der Waals surface area contributed by atoms with Crippen LogP contribution >= 0.6 is 0 Å². The molecule has 0 aliphatic heterocycles. The summed E-state index contributed by atoms with van der Waals surface area (Å²) in [6.07, 6.45) is -0.659. The van der Waals surface area contributed by atoms with E-state index >= 15 is 0 Å². The Morgan fingerprint density at radius 1 is 1.40 bits per heavy atom. The Morgan fingerprint density at radius 2 is 1.90 bits per heavy atom. The first-order chi connectivity index (χ1) is 4.42. The lowest BCUT2D eigenvalue weighted by Gasteiger charge is -2.09. The molecule has 0 rings (SSSR count). The lowest BCUT2D eigenvalue weighted by Crippen LogP contribution is -2.09. The molecular weight excluding hydrogens is 141 g/mol. The molecule has 0 aliphatic carbocycles. The fourth-order valence-electron chi connectivity index (χ4n) is 0.694. The highest BCUT2D eigenvalue weighted by Crippen LogP contribution is 2.20. The predicted octanol–water partition coefficient (Wildman–Crippen LogP) is 3.17. The van der Waals surface area contributed by atoms with E-state index in [0.717, 1.165) is 6.92 Å². The molecule has 0 saturated carbocycles. The van der Waals surface area contributed by atoms with E-state index in [9.17, 15) is 13.2 Å². The van der Waals surface area contributed by atoms with Crippen LogP contribution in [-0.2, 0) is 0 Å². The van der Waals surface area contributed by atoms with Crippen LogP contribution in [0, 0.1) is 0 Å². The van der Waals surface area contributed by atoms with E-state index in [4.69, 9.17) is 0 Å². The van der Waals surface area contributed by atoms with Crippen molar-refractivity contribution in [3.05, 3.63) is 0 Å². The second kappa shape index (κ2) is 3.84. The highest BCUT2D eigenvalue weighted by molar-refractivity contribution is 4.59. The fraction of sp³-hybridized carbons (Fsp3) is 1.00. The zero-order valence-electron chi connectivity index (χ0n) is 6.33. The van der Waals surface area contributed by atoms with Crippen molar-refractivity contribution in [1.82, 2.24) is 0 Å². The van der Waals surface area contributed by atoms with Crippen LogP contribution in [0.2, 0.25) is 0 Å². The Hall–Kier alpha value is -0.210. The summed E-state index contributed by atoms with van der Waals surface area (Å²) in [5.74, 6) is -2.63. The van der Waals surface area contributed by atoms with Gasteiger partial charge in [0.2, 0.25) is 5.92 Å². The van der Waals surface area contributed by atoms with Crippen LogP contribution in [0.5, 0.6) is 0 Å². The summed E-state index contributed by atoms with van der Waals surface area (Å²) in [5.41, 5.74) is 0. The first kappa shape index (κ1) is 9.79. The Morgan fingerprint density at radius 3 is 2.20 bits per heavy atom. The average Bonchev–Trinajstić information content (AvgIpc) is 1.59. The van der Waals surface area contributed by atoms with Gasteiger partial charge in [-0.25, -0.2) is 13.2 Å². The highest BCUT2D eigenvalue weighted by Gasteiger charge is 2.20. The minimum absolute atomic E-state index is 0.207. The minimum atomic E-state index is -2.63. The number of hydrogen-bond acceptors (Lipinski definition) is 0. The molecule has 10 heavy (non-hydrogen) atoms. The quantitative estimate of drug-likeness (QED) is 0.583. The van der Waals surface area contributed by atoms with Crippen molar-refractivity contribution < 1.29 is 13.2 Å². The van der Waals surface area contributed by atoms with Gasteiger partial charge in [0.25, 0.3) is 0 Å². The largest absolute Gasteiger partial charge is 0.248 e. The van der Waals surface area contributed by atoms with Gasteiger partial charge in [-0.1, -0.05) is 0 Å². The molecule has 0 spiro atoms. The molecule has 0 aliphatic rings. The zero-order valence-corrected chi connectivity index (χ0v) is 6.33. The number of halogens is 3. The molecule has 0 radical (unpaired) electrons. The topological polar surface area (TPSA) is 0 Å². The Labute approximate surface area is 59.4 Å². The van der Waals surface area contributed by atoms with Gasteiger partial charge < -0.3 is 0 Å². The lowest BCUT2D eigenvalue weighted by molar-refractivity contribution is 0.00923. The van der Waals surface area contributed by atoms with Crippen LogP contribution < -0.4 is 0 Å². The van der Waals surface area contributed by atoms with Crippen molar-refractivity contribution in [2.24, 2.45) is 0 Å². The summed E-state index contributed by atoms with van der Waals surface area (Å²) >= 11 is 0. The van der Waals surface area contributed by atoms with Gasteiger partial charge >= 0.3 is 0 Å². The monoisotopic (exact) mass is 154 g/mol. The van der Waals surface area contributed by atoms with Gasteiger partial charge in [-0.05, 0) is 26.7 Å². The lowest BCUT2D eigenvalue weighted by atomic mass is 10.1. The van der Waals surface area contributed by atoms with E-state index in [2.05, 4.69) is 0 Å². The van der Waals surface area contributed by atoms with Crippen molar-refractivity contribution in [3.8, 4) is 0 Å². The maximum Gasteiger partial charge on any atom is 0.245 e. The molecule has 1 atom stereocenters. The van der Waals surface area contributed by atoms with E-state index in [0.29, 0.717) is 0 Å². The van der Waals surface area contributed by atoms with Crippen LogP contribution in [0.1, 0.15) is 33.1 Å². The molecule has 0 aromatic heterocycles. The van der Waals surface area contributed by atoms with E-state index in [1.165, 1.54) is 6.92 Å². The third kappa shape index (κ3) is 7.79. The van der Waals surface area contributed by atoms with E-state index in [1.807, 2.05) is 0 Å². The first-order valence-electron chi connectivity index (χ1n) is 3.44. The van der Waals surface area contributed by atoms with Crippen molar-refractivity contribution in [2.75, 3.05) is 0 Å². The second-order valence-electron chi connectivity index (χ2n) is 2.74. The summed E-state index contributed by atoms with van der Waals surface area (Å²) in [7, 11) is 0. The fourth-order valence-corrected chi connectivity index (χ4v) is 0.694. The van der Waals surface area contributed by atoms with Gasteiger partial charge in [0, 0.05) is 6.42 Å². The summed E-state index contributed by atoms with van der Waals surface area (Å²) < 4.78 is 36.1. The third-order valence-electron chi connectivity index (χ3n) is 1.22. The molecule has 62 valence electrons. The molecule has 0 nitrogen and oxygen atoms in total. The van der Waals surface area contributed by atoms with Crippen molar-refractivity contribution in [2.45, 2.75) is 45.2 Å². The van der Waals surface area contributed by atoms with Gasteiger partial charge in [-0.3, -0.25) is 0 Å². The molecule has 0 bridgehead atoms. The Kier molecular flexibility index (Phi) is 3.76. The molecule has 0 heterocycles. The Bertz CT molecular complexity index is 83.3. The van der Waals surface area contributed by atoms with Crippen LogP contribution in [0.25, 0.3) is 0 Å². The molecule has 3 heteroatoms. The highest BCUT2D eigenvalue weighted by atomic mass is 19.3. The zero-order chi connectivity index (χ0) is 8.20. The van der Waals surface area contributed by atoms with E-state index in [1.54, 1.807) is 0 Å². The van der Waals surface area contributed by atoms with Crippen molar-refractivity contribution in [3.63, 3.8) is 0 Å². The van der Waals surface area contributed by atoms with Crippen molar-refractivity contribution in [1.29, 1.82) is 0 Å². The van der Waals surface area contributed by atoms with Gasteiger partial charge in [0.1, 0.15) is 0 Å². The molecule has 0 aromatic rings. The summed E-state index contributed by atoms with van der Waals surface area (Å²) in [4.78, 5) is 0. The van der Waals surface area contributed by atoms with Crippen LogP contribution in [0.15, 0.2) is 0 Å². The standard InChI is InChI=1S/C7H13F3/c1-6(8)4-3-5-7(2,9)10/h6H,3-5H2,1-2H3. The maximum absolute atomic E-state index is 12.1. The predicted molar refractivity (Wildman–Crippen MR) is 35.0 cm³/mol. The molecule has 0 amide bonds. The maximum atomic E-state index is 12.1. The smallest absolute Gasteiger partial charge is 0.245 e. The summed E-state index contributed by atoms with van der Waals surface area (Å²) in [6, 6.07) is 0. The molecule has 0 fully saturated rings. The molecule has 0 N–H and O–H groups in total. The van der Waals surface area contributed by atoms with E-state index < -0.39 is 12.1 Å². The molecular formula is C7H13F3. The van der Waals surface area contributed by atoms with Crippen LogP contribution in [-0.4, -0.2) is 12.1 Å². The summed E-state index contributed by atoms with van der Waals surface area (Å²) in [5, 5.41) is 0. The molecule has 0 aromatic carbocycles. The van der Waals surface area contributed by atoms with Gasteiger partial charge in [0.05, 0.1) is 6.17 Å². The van der Waals surface area contributed by atoms with Crippen LogP contribution in [0.4, 0.5) is 13.2 Å². The second-order valence-corrected chi connectivity index (χ2v) is 2.74. The van der Waals surface area contributed by atoms with Gasteiger partial charge in [-0.2, -0.15) is 0 Å². The average molecular weight is 154 g/mol.